The van der Waals surface area contributed by atoms with Crippen molar-refractivity contribution in [3.05, 3.63) is 59.2 Å². The Hall–Kier alpha value is -1.87. The van der Waals surface area contributed by atoms with Gasteiger partial charge in [0.1, 0.15) is 0 Å². The number of benzene rings is 2. The highest BCUT2D eigenvalue weighted by atomic mass is 32.1. The molecule has 0 bridgehead atoms. The Morgan fingerprint density at radius 3 is 1.91 bits per heavy atom. The van der Waals surface area contributed by atoms with Gasteiger partial charge in [0, 0.05) is 11.4 Å². The third-order valence-electron chi connectivity index (χ3n) is 3.77. The summed E-state index contributed by atoms with van der Waals surface area (Å²) in [4.78, 5) is 0. The van der Waals surface area contributed by atoms with Crippen molar-refractivity contribution in [2.75, 3.05) is 10.6 Å². The van der Waals surface area contributed by atoms with Gasteiger partial charge in [0.15, 0.2) is 5.11 Å². The van der Waals surface area contributed by atoms with E-state index in [-0.39, 0.29) is 5.41 Å². The summed E-state index contributed by atoms with van der Waals surface area (Å²) >= 11 is 5.38. The van der Waals surface area contributed by atoms with E-state index in [1.54, 1.807) is 0 Å². The fourth-order valence-electron chi connectivity index (χ4n) is 2.17. The predicted octanol–water partition coefficient (Wildman–Crippen LogP) is 5.41. The summed E-state index contributed by atoms with van der Waals surface area (Å²) in [6, 6.07) is 14.6. The molecule has 0 aliphatic heterocycles. The zero-order chi connectivity index (χ0) is 16.3. The first-order chi connectivity index (χ1) is 10.3. The minimum atomic E-state index is 0.163. The van der Waals surface area contributed by atoms with Gasteiger partial charge in [-0.15, -0.1) is 0 Å². The number of hydrogen-bond donors (Lipinski definition) is 2. The Bertz CT molecular complexity index is 667. The molecule has 2 aromatic carbocycles. The largest absolute Gasteiger partial charge is 0.332 e. The molecule has 0 aliphatic carbocycles. The standard InChI is InChI=1S/C19H24N2S/c1-13-6-9-17(12-14(13)2)21-18(22)20-16-10-7-15(8-11-16)19(3,4)5/h6-12H,1-5H3,(H2,20,21,22). The average molecular weight is 312 g/mol. The molecule has 2 rings (SSSR count). The molecule has 0 amide bonds. The van der Waals surface area contributed by atoms with Crippen molar-refractivity contribution >= 4 is 28.7 Å². The maximum absolute atomic E-state index is 5.38. The van der Waals surface area contributed by atoms with Gasteiger partial charge in [-0.25, -0.2) is 0 Å². The summed E-state index contributed by atoms with van der Waals surface area (Å²) in [5.74, 6) is 0. The highest BCUT2D eigenvalue weighted by Gasteiger charge is 2.12. The Kier molecular flexibility index (Phi) is 4.87. The van der Waals surface area contributed by atoms with Gasteiger partial charge in [-0.3, -0.25) is 0 Å². The Labute approximate surface area is 139 Å². The minimum absolute atomic E-state index is 0.163. The minimum Gasteiger partial charge on any atom is -0.332 e. The lowest BCUT2D eigenvalue weighted by molar-refractivity contribution is 0.590. The normalized spacial score (nSPS) is 11.1. The number of nitrogens with one attached hydrogen (secondary N) is 2. The van der Waals surface area contributed by atoms with E-state index in [9.17, 15) is 0 Å². The molecule has 0 radical (unpaired) electrons. The van der Waals surface area contributed by atoms with Crippen LogP contribution in [0.4, 0.5) is 11.4 Å². The van der Waals surface area contributed by atoms with E-state index in [1.807, 2.05) is 6.07 Å². The molecule has 2 aromatic rings. The molecule has 0 fully saturated rings. The van der Waals surface area contributed by atoms with Crippen LogP contribution in [-0.4, -0.2) is 5.11 Å². The van der Waals surface area contributed by atoms with E-state index in [0.29, 0.717) is 5.11 Å². The molecule has 2 nitrogen and oxygen atoms in total. The zero-order valence-electron chi connectivity index (χ0n) is 13.9. The molecule has 3 heteroatoms. The third kappa shape index (κ3) is 4.31. The van der Waals surface area contributed by atoms with E-state index < -0.39 is 0 Å². The summed E-state index contributed by atoms with van der Waals surface area (Å²) in [6.07, 6.45) is 0. The van der Waals surface area contributed by atoms with Gasteiger partial charge in [0.25, 0.3) is 0 Å². The van der Waals surface area contributed by atoms with Crippen molar-refractivity contribution in [2.45, 2.75) is 40.0 Å². The van der Waals surface area contributed by atoms with Gasteiger partial charge in [-0.05, 0) is 72.4 Å². The molecule has 22 heavy (non-hydrogen) atoms. The summed E-state index contributed by atoms with van der Waals surface area (Å²) in [7, 11) is 0. The van der Waals surface area contributed by atoms with Gasteiger partial charge in [0.2, 0.25) is 0 Å². The first-order valence-electron chi connectivity index (χ1n) is 7.51. The lowest BCUT2D eigenvalue weighted by Crippen LogP contribution is -2.19. The number of hydrogen-bond acceptors (Lipinski definition) is 1. The second-order valence-electron chi connectivity index (χ2n) is 6.71. The zero-order valence-corrected chi connectivity index (χ0v) is 14.8. The van der Waals surface area contributed by atoms with Crippen molar-refractivity contribution in [3.63, 3.8) is 0 Å². The molecule has 116 valence electrons. The maximum atomic E-state index is 5.38. The van der Waals surface area contributed by atoms with Gasteiger partial charge in [-0.2, -0.15) is 0 Å². The van der Waals surface area contributed by atoms with Crippen LogP contribution in [0.25, 0.3) is 0 Å². The van der Waals surface area contributed by atoms with Crippen LogP contribution in [0.3, 0.4) is 0 Å². The fraction of sp³-hybridized carbons (Fsp3) is 0.316. The Morgan fingerprint density at radius 1 is 0.818 bits per heavy atom. The molecule has 0 aliphatic rings. The molecule has 0 unspecified atom stereocenters. The first-order valence-corrected chi connectivity index (χ1v) is 7.92. The van der Waals surface area contributed by atoms with E-state index in [1.165, 1.54) is 16.7 Å². The Morgan fingerprint density at radius 2 is 1.36 bits per heavy atom. The number of aryl methyl sites for hydroxylation is 2. The highest BCUT2D eigenvalue weighted by molar-refractivity contribution is 7.80. The summed E-state index contributed by atoms with van der Waals surface area (Å²) in [6.45, 7) is 10.8. The van der Waals surface area contributed by atoms with Crippen molar-refractivity contribution in [2.24, 2.45) is 0 Å². The van der Waals surface area contributed by atoms with Crippen LogP contribution >= 0.6 is 12.2 Å². The van der Waals surface area contributed by atoms with E-state index >= 15 is 0 Å². The SMILES string of the molecule is Cc1ccc(NC(=S)Nc2ccc(C(C)(C)C)cc2)cc1C. The van der Waals surface area contributed by atoms with Crippen molar-refractivity contribution in [1.82, 2.24) is 0 Å². The average Bonchev–Trinajstić information content (AvgIpc) is 2.42. The number of thiocarbonyl (C=S) groups is 1. The van der Waals surface area contributed by atoms with Crippen LogP contribution in [0.2, 0.25) is 0 Å². The molecule has 0 heterocycles. The van der Waals surface area contributed by atoms with Crippen molar-refractivity contribution in [1.29, 1.82) is 0 Å². The molecular formula is C19H24N2S. The second-order valence-corrected chi connectivity index (χ2v) is 7.11. The molecule has 0 atom stereocenters. The van der Waals surface area contributed by atoms with Crippen LogP contribution < -0.4 is 10.6 Å². The quantitative estimate of drug-likeness (QED) is 0.725. The monoisotopic (exact) mass is 312 g/mol. The lowest BCUT2D eigenvalue weighted by atomic mass is 9.87. The van der Waals surface area contributed by atoms with E-state index in [0.717, 1.165) is 11.4 Å². The maximum Gasteiger partial charge on any atom is 0.175 e. The lowest BCUT2D eigenvalue weighted by Gasteiger charge is -2.19. The summed E-state index contributed by atoms with van der Waals surface area (Å²) in [5, 5.41) is 7.05. The van der Waals surface area contributed by atoms with Crippen molar-refractivity contribution < 1.29 is 0 Å². The molecule has 0 aromatic heterocycles. The molecule has 2 N–H and O–H groups in total. The second kappa shape index (κ2) is 6.49. The van der Waals surface area contributed by atoms with E-state index in [2.05, 4.69) is 81.7 Å². The fourth-order valence-corrected chi connectivity index (χ4v) is 2.40. The van der Waals surface area contributed by atoms with Crippen LogP contribution in [0.5, 0.6) is 0 Å². The van der Waals surface area contributed by atoms with Crippen molar-refractivity contribution in [3.8, 4) is 0 Å². The molecule has 0 saturated heterocycles. The summed E-state index contributed by atoms with van der Waals surface area (Å²) < 4.78 is 0. The number of rotatable bonds is 2. The highest BCUT2D eigenvalue weighted by Crippen LogP contribution is 2.23. The van der Waals surface area contributed by atoms with Gasteiger partial charge in [-0.1, -0.05) is 39.0 Å². The van der Waals surface area contributed by atoms with Gasteiger partial charge in [0.05, 0.1) is 0 Å². The molecule has 0 spiro atoms. The van der Waals surface area contributed by atoms with Crippen LogP contribution in [-0.2, 0) is 5.41 Å². The first kappa shape index (κ1) is 16.5. The topological polar surface area (TPSA) is 24.1 Å². The van der Waals surface area contributed by atoms with Gasteiger partial charge >= 0.3 is 0 Å². The Balaban J connectivity index is 2.01. The van der Waals surface area contributed by atoms with Crippen LogP contribution in [0.15, 0.2) is 42.5 Å². The van der Waals surface area contributed by atoms with Crippen LogP contribution in [0.1, 0.15) is 37.5 Å². The predicted molar refractivity (Wildman–Crippen MR) is 101 cm³/mol. The summed E-state index contributed by atoms with van der Waals surface area (Å²) in [5.41, 5.74) is 6.01. The third-order valence-corrected chi connectivity index (χ3v) is 3.98. The van der Waals surface area contributed by atoms with Gasteiger partial charge < -0.3 is 10.6 Å². The van der Waals surface area contributed by atoms with Crippen LogP contribution in [0, 0.1) is 13.8 Å². The molecule has 0 saturated carbocycles. The number of anilines is 2. The smallest absolute Gasteiger partial charge is 0.175 e. The van der Waals surface area contributed by atoms with E-state index in [4.69, 9.17) is 12.2 Å². The molecular weight excluding hydrogens is 288 g/mol.